The van der Waals surface area contributed by atoms with E-state index in [0.29, 0.717) is 5.41 Å². The number of amides is 2. The van der Waals surface area contributed by atoms with E-state index in [0.717, 1.165) is 39.1 Å². The number of pyridine rings is 1. The Kier molecular flexibility index (Phi) is 4.34. The Morgan fingerprint density at radius 3 is 2.73 bits per heavy atom. The van der Waals surface area contributed by atoms with Gasteiger partial charge in [-0.3, -0.25) is 9.88 Å². The van der Waals surface area contributed by atoms with E-state index in [1.54, 1.807) is 4.90 Å². The number of hydrogen-bond acceptors (Lipinski definition) is 3. The van der Waals surface area contributed by atoms with Crippen LogP contribution in [0.25, 0.3) is 0 Å². The van der Waals surface area contributed by atoms with Gasteiger partial charge in [-0.1, -0.05) is 0 Å². The molecule has 1 aromatic rings. The molecule has 0 radical (unpaired) electrons. The molecule has 120 valence electrons. The summed E-state index contributed by atoms with van der Waals surface area (Å²) in [7, 11) is 3.68. The Labute approximate surface area is 132 Å². The van der Waals surface area contributed by atoms with Crippen LogP contribution >= 0.6 is 0 Å². The van der Waals surface area contributed by atoms with Crippen LogP contribution in [0.3, 0.4) is 0 Å². The molecular weight excluding hydrogens is 276 g/mol. The Morgan fingerprint density at radius 1 is 1.23 bits per heavy atom. The normalized spacial score (nSPS) is 25.6. The second kappa shape index (κ2) is 6.24. The molecule has 1 aromatic heterocycles. The molecule has 2 aliphatic rings. The molecule has 0 N–H and O–H groups in total. The third kappa shape index (κ3) is 3.24. The summed E-state index contributed by atoms with van der Waals surface area (Å²) in [6.07, 6.45) is 7.30. The minimum absolute atomic E-state index is 0.159. The molecule has 0 bridgehead atoms. The molecule has 5 nitrogen and oxygen atoms in total. The van der Waals surface area contributed by atoms with Crippen LogP contribution in [0.5, 0.6) is 0 Å². The van der Waals surface area contributed by atoms with Crippen LogP contribution in [0, 0.1) is 5.41 Å². The number of hydrogen-bond donors (Lipinski definition) is 0. The molecule has 3 heterocycles. The van der Waals surface area contributed by atoms with E-state index in [2.05, 4.69) is 22.0 Å². The van der Waals surface area contributed by atoms with E-state index in [-0.39, 0.29) is 6.03 Å². The highest BCUT2D eigenvalue weighted by molar-refractivity contribution is 5.74. The molecule has 1 atom stereocenters. The van der Waals surface area contributed by atoms with Gasteiger partial charge in [0, 0.05) is 58.1 Å². The second-order valence-corrected chi connectivity index (χ2v) is 7.02. The van der Waals surface area contributed by atoms with Crippen molar-refractivity contribution in [2.45, 2.75) is 25.8 Å². The van der Waals surface area contributed by atoms with E-state index in [1.165, 1.54) is 18.4 Å². The number of urea groups is 1. The largest absolute Gasteiger partial charge is 0.331 e. The Bertz CT molecular complexity index is 519. The molecule has 5 heteroatoms. The molecule has 0 saturated carbocycles. The zero-order chi connectivity index (χ0) is 15.6. The zero-order valence-corrected chi connectivity index (χ0v) is 13.7. The monoisotopic (exact) mass is 302 g/mol. The predicted molar refractivity (Wildman–Crippen MR) is 86.5 cm³/mol. The van der Waals surface area contributed by atoms with Gasteiger partial charge in [-0.2, -0.15) is 0 Å². The Morgan fingerprint density at radius 2 is 2.00 bits per heavy atom. The fraction of sp³-hybridized carbons (Fsp3) is 0.647. The van der Waals surface area contributed by atoms with Crippen LogP contribution in [0.4, 0.5) is 4.79 Å². The number of rotatable bonds is 2. The highest BCUT2D eigenvalue weighted by atomic mass is 16.2. The average Bonchev–Trinajstić information content (AvgIpc) is 2.89. The standard InChI is InChI=1S/C17H26N4O/c1-19(2)16(22)21-10-3-6-17(14-21)7-11-20(13-17)12-15-4-8-18-9-5-15/h4-5,8-9H,3,6-7,10-14H2,1-2H3/t17-/m1/s1. The summed E-state index contributed by atoms with van der Waals surface area (Å²) in [6, 6.07) is 4.34. The molecule has 1 spiro atoms. The van der Waals surface area contributed by atoms with Crippen molar-refractivity contribution in [1.82, 2.24) is 19.7 Å². The first kappa shape index (κ1) is 15.3. The summed E-state index contributed by atoms with van der Waals surface area (Å²) >= 11 is 0. The topological polar surface area (TPSA) is 39.7 Å². The third-order valence-electron chi connectivity index (χ3n) is 4.99. The highest BCUT2D eigenvalue weighted by Gasteiger charge is 2.42. The van der Waals surface area contributed by atoms with Gasteiger partial charge in [0.05, 0.1) is 0 Å². The predicted octanol–water partition coefficient (Wildman–Crippen LogP) is 2.05. The second-order valence-electron chi connectivity index (χ2n) is 7.02. The maximum Gasteiger partial charge on any atom is 0.319 e. The first-order chi connectivity index (χ1) is 10.6. The van der Waals surface area contributed by atoms with Crippen LogP contribution in [0.2, 0.25) is 0 Å². The van der Waals surface area contributed by atoms with Crippen molar-refractivity contribution in [3.05, 3.63) is 30.1 Å². The average molecular weight is 302 g/mol. The summed E-state index contributed by atoms with van der Waals surface area (Å²) < 4.78 is 0. The van der Waals surface area contributed by atoms with Crippen molar-refractivity contribution in [3.8, 4) is 0 Å². The lowest BCUT2D eigenvalue weighted by molar-refractivity contribution is 0.0946. The fourth-order valence-electron chi connectivity index (χ4n) is 3.90. The maximum absolute atomic E-state index is 12.2. The molecule has 3 rings (SSSR count). The molecule has 2 fully saturated rings. The van der Waals surface area contributed by atoms with Gasteiger partial charge < -0.3 is 9.80 Å². The lowest BCUT2D eigenvalue weighted by Crippen LogP contribution is -2.50. The highest BCUT2D eigenvalue weighted by Crippen LogP contribution is 2.39. The molecular formula is C17H26N4O. The zero-order valence-electron chi connectivity index (χ0n) is 13.7. The van der Waals surface area contributed by atoms with Crippen LogP contribution < -0.4 is 0 Å². The summed E-state index contributed by atoms with van der Waals surface area (Å²) in [5.74, 6) is 0. The maximum atomic E-state index is 12.2. The summed E-state index contributed by atoms with van der Waals surface area (Å²) in [4.78, 5) is 22.6. The molecule has 22 heavy (non-hydrogen) atoms. The van der Waals surface area contributed by atoms with Crippen molar-refractivity contribution in [2.75, 3.05) is 40.3 Å². The van der Waals surface area contributed by atoms with Gasteiger partial charge in [0.1, 0.15) is 0 Å². The lowest BCUT2D eigenvalue weighted by atomic mass is 9.79. The number of carbonyl (C=O) groups excluding carboxylic acids is 1. The minimum atomic E-state index is 0.159. The number of nitrogens with zero attached hydrogens (tertiary/aromatic N) is 4. The SMILES string of the molecule is CN(C)C(=O)N1CCC[C@]2(CCN(Cc3ccncc3)C2)C1. The van der Waals surface area contributed by atoms with Gasteiger partial charge in [0.15, 0.2) is 0 Å². The summed E-state index contributed by atoms with van der Waals surface area (Å²) in [5.41, 5.74) is 1.63. The van der Waals surface area contributed by atoms with Crippen molar-refractivity contribution >= 4 is 6.03 Å². The Balaban J connectivity index is 1.62. The Hall–Kier alpha value is -1.62. The molecule has 0 aliphatic carbocycles. The minimum Gasteiger partial charge on any atom is -0.331 e. The number of aromatic nitrogens is 1. The molecule has 0 aromatic carbocycles. The van der Waals surface area contributed by atoms with Crippen LogP contribution in [-0.2, 0) is 6.54 Å². The van der Waals surface area contributed by atoms with Crippen molar-refractivity contribution in [2.24, 2.45) is 5.41 Å². The van der Waals surface area contributed by atoms with Crippen LogP contribution in [0.1, 0.15) is 24.8 Å². The van der Waals surface area contributed by atoms with Gasteiger partial charge >= 0.3 is 6.03 Å². The van der Waals surface area contributed by atoms with E-state index in [9.17, 15) is 4.79 Å². The van der Waals surface area contributed by atoms with Gasteiger partial charge in [-0.15, -0.1) is 0 Å². The summed E-state index contributed by atoms with van der Waals surface area (Å²) in [5, 5.41) is 0. The van der Waals surface area contributed by atoms with E-state index in [4.69, 9.17) is 0 Å². The number of carbonyl (C=O) groups is 1. The van der Waals surface area contributed by atoms with Crippen molar-refractivity contribution < 1.29 is 4.79 Å². The quantitative estimate of drug-likeness (QED) is 0.839. The van der Waals surface area contributed by atoms with Gasteiger partial charge in [-0.05, 0) is 43.5 Å². The van der Waals surface area contributed by atoms with Gasteiger partial charge in [-0.25, -0.2) is 4.79 Å². The number of likely N-dealkylation sites (tertiary alicyclic amines) is 2. The van der Waals surface area contributed by atoms with Gasteiger partial charge in [0.2, 0.25) is 0 Å². The fourth-order valence-corrected chi connectivity index (χ4v) is 3.90. The lowest BCUT2D eigenvalue weighted by Gasteiger charge is -2.41. The molecule has 2 saturated heterocycles. The van der Waals surface area contributed by atoms with Crippen LogP contribution in [-0.4, -0.2) is 66.0 Å². The van der Waals surface area contributed by atoms with E-state index >= 15 is 0 Å². The van der Waals surface area contributed by atoms with Crippen molar-refractivity contribution in [3.63, 3.8) is 0 Å². The first-order valence-electron chi connectivity index (χ1n) is 8.16. The summed E-state index contributed by atoms with van der Waals surface area (Å²) in [6.45, 7) is 5.05. The third-order valence-corrected chi connectivity index (χ3v) is 4.99. The van der Waals surface area contributed by atoms with Crippen molar-refractivity contribution in [1.29, 1.82) is 0 Å². The van der Waals surface area contributed by atoms with Crippen LogP contribution in [0.15, 0.2) is 24.5 Å². The van der Waals surface area contributed by atoms with Gasteiger partial charge in [0.25, 0.3) is 0 Å². The molecule has 0 unspecified atom stereocenters. The molecule has 2 aliphatic heterocycles. The number of piperidine rings is 1. The molecule has 2 amide bonds. The smallest absolute Gasteiger partial charge is 0.319 e. The first-order valence-corrected chi connectivity index (χ1v) is 8.16. The van der Waals surface area contributed by atoms with E-state index in [1.807, 2.05) is 31.4 Å². The van der Waals surface area contributed by atoms with E-state index < -0.39 is 0 Å².